The molecule has 1 saturated heterocycles. The minimum absolute atomic E-state index is 0.160. The lowest BCUT2D eigenvalue weighted by Crippen LogP contribution is -2.48. The molecule has 3 atom stereocenters. The molecule has 3 N–H and O–H groups in total. The van der Waals surface area contributed by atoms with Crippen LogP contribution in [-0.4, -0.2) is 49.8 Å². The monoisotopic (exact) mass is 287 g/mol. The summed E-state index contributed by atoms with van der Waals surface area (Å²) in [7, 11) is -2.92. The van der Waals surface area contributed by atoms with E-state index in [1.165, 1.54) is 6.26 Å². The molecule has 0 bridgehead atoms. The maximum atomic E-state index is 11.7. The Labute approximate surface area is 116 Å². The normalized spacial score (nSPS) is 34.1. The highest BCUT2D eigenvalue weighted by Gasteiger charge is 2.34. The molecule has 0 aromatic carbocycles. The quantitative estimate of drug-likeness (QED) is 0.598. The minimum atomic E-state index is -2.92. The van der Waals surface area contributed by atoms with Crippen LogP contribution in [0.4, 0.5) is 0 Å². The van der Waals surface area contributed by atoms with Gasteiger partial charge >= 0.3 is 0 Å². The number of sulfone groups is 1. The van der Waals surface area contributed by atoms with Gasteiger partial charge in [-0.1, -0.05) is 6.42 Å². The number of nitrogens with zero attached hydrogens (tertiary/aromatic N) is 1. The maximum Gasteiger partial charge on any atom is 0.150 e. The fraction of sp³-hybridized carbons (Fsp3) is 0.923. The molecule has 1 saturated carbocycles. The summed E-state index contributed by atoms with van der Waals surface area (Å²) in [5, 5.41) is 7.41. The predicted molar refractivity (Wildman–Crippen MR) is 77.1 cm³/mol. The molecule has 2 fully saturated rings. The average molecular weight is 287 g/mol. The van der Waals surface area contributed by atoms with Crippen molar-refractivity contribution in [3.05, 3.63) is 0 Å². The number of amidine groups is 1. The van der Waals surface area contributed by atoms with E-state index in [9.17, 15) is 8.42 Å². The lowest BCUT2D eigenvalue weighted by molar-refractivity contribution is 0.116. The molecule has 0 spiro atoms. The first-order chi connectivity index (χ1) is 8.88. The van der Waals surface area contributed by atoms with Gasteiger partial charge in [-0.25, -0.2) is 8.42 Å². The number of hydrogen-bond donors (Lipinski definition) is 2. The molecule has 19 heavy (non-hydrogen) atoms. The molecular formula is C13H25N3O2S. The maximum absolute atomic E-state index is 11.7. The van der Waals surface area contributed by atoms with Gasteiger partial charge in [0, 0.05) is 24.8 Å². The van der Waals surface area contributed by atoms with Crippen LogP contribution >= 0.6 is 0 Å². The van der Waals surface area contributed by atoms with Crippen LogP contribution in [0, 0.1) is 11.3 Å². The van der Waals surface area contributed by atoms with Gasteiger partial charge in [0.2, 0.25) is 0 Å². The van der Waals surface area contributed by atoms with E-state index in [4.69, 9.17) is 11.1 Å². The van der Waals surface area contributed by atoms with Gasteiger partial charge in [-0.2, -0.15) is 0 Å². The molecule has 0 aromatic rings. The molecule has 1 aliphatic heterocycles. The van der Waals surface area contributed by atoms with Gasteiger partial charge in [-0.15, -0.1) is 0 Å². The molecule has 5 nitrogen and oxygen atoms in total. The van der Waals surface area contributed by atoms with Crippen molar-refractivity contribution in [1.29, 1.82) is 5.41 Å². The zero-order chi connectivity index (χ0) is 14.0. The molecule has 2 aliphatic rings. The fourth-order valence-corrected chi connectivity index (χ4v) is 4.60. The lowest BCUT2D eigenvalue weighted by Gasteiger charge is -2.41. The first kappa shape index (κ1) is 14.8. The first-order valence-corrected chi connectivity index (χ1v) is 9.10. The second-order valence-electron chi connectivity index (χ2n) is 6.06. The molecule has 110 valence electrons. The van der Waals surface area contributed by atoms with Crippen LogP contribution in [0.5, 0.6) is 0 Å². The van der Waals surface area contributed by atoms with E-state index in [0.29, 0.717) is 6.04 Å². The van der Waals surface area contributed by atoms with Crippen LogP contribution in [-0.2, 0) is 9.84 Å². The number of rotatable bonds is 3. The Balaban J connectivity index is 1.99. The summed E-state index contributed by atoms with van der Waals surface area (Å²) < 4.78 is 23.4. The Morgan fingerprint density at radius 2 is 2.00 bits per heavy atom. The standard InChI is InChI=1S/C13H25N3O2S/c1-19(17,18)12-6-2-5-11(8-12)16-7-3-4-10(9-16)13(14)15/h10-12H,2-9H2,1H3,(H3,14,15). The zero-order valence-electron chi connectivity index (χ0n) is 11.6. The summed E-state index contributed by atoms with van der Waals surface area (Å²) in [6.07, 6.45) is 7.04. The number of nitrogens with one attached hydrogen (secondary N) is 1. The first-order valence-electron chi connectivity index (χ1n) is 7.14. The summed E-state index contributed by atoms with van der Waals surface area (Å²) in [6, 6.07) is 0.357. The Morgan fingerprint density at radius 1 is 1.26 bits per heavy atom. The van der Waals surface area contributed by atoms with E-state index in [-0.39, 0.29) is 17.0 Å². The highest BCUT2D eigenvalue weighted by molar-refractivity contribution is 7.91. The van der Waals surface area contributed by atoms with Crippen LogP contribution in [0.2, 0.25) is 0 Å². The number of nitrogens with two attached hydrogens (primary N) is 1. The van der Waals surface area contributed by atoms with Crippen LogP contribution < -0.4 is 5.73 Å². The number of piperidine rings is 1. The van der Waals surface area contributed by atoms with Crippen LogP contribution in [0.25, 0.3) is 0 Å². The van der Waals surface area contributed by atoms with Gasteiger partial charge < -0.3 is 5.73 Å². The Morgan fingerprint density at radius 3 is 2.63 bits per heavy atom. The highest BCUT2D eigenvalue weighted by atomic mass is 32.2. The van der Waals surface area contributed by atoms with E-state index >= 15 is 0 Å². The van der Waals surface area contributed by atoms with Gasteiger partial charge in [0.15, 0.2) is 0 Å². The van der Waals surface area contributed by atoms with Crippen molar-refractivity contribution >= 4 is 15.7 Å². The third kappa shape index (κ3) is 3.69. The molecule has 0 radical (unpaired) electrons. The smallest absolute Gasteiger partial charge is 0.150 e. The Bertz CT molecular complexity index is 435. The van der Waals surface area contributed by atoms with Crippen molar-refractivity contribution in [2.24, 2.45) is 11.7 Å². The summed E-state index contributed by atoms with van der Waals surface area (Å²) in [5.74, 6) is 0.438. The highest BCUT2D eigenvalue weighted by Crippen LogP contribution is 2.30. The minimum Gasteiger partial charge on any atom is -0.387 e. The average Bonchev–Trinajstić information content (AvgIpc) is 2.38. The van der Waals surface area contributed by atoms with E-state index in [2.05, 4.69) is 4.90 Å². The Kier molecular flexibility index (Phi) is 4.50. The van der Waals surface area contributed by atoms with Crippen LogP contribution in [0.15, 0.2) is 0 Å². The van der Waals surface area contributed by atoms with Crippen LogP contribution in [0.1, 0.15) is 38.5 Å². The van der Waals surface area contributed by atoms with Crippen LogP contribution in [0.3, 0.4) is 0 Å². The van der Waals surface area contributed by atoms with Gasteiger partial charge in [0.1, 0.15) is 9.84 Å². The van der Waals surface area contributed by atoms with E-state index in [1.807, 2.05) is 0 Å². The molecule has 6 heteroatoms. The van der Waals surface area contributed by atoms with Crippen molar-refractivity contribution < 1.29 is 8.42 Å². The topological polar surface area (TPSA) is 87.2 Å². The van der Waals surface area contributed by atoms with Crippen molar-refractivity contribution in [3.63, 3.8) is 0 Å². The summed E-state index contributed by atoms with van der Waals surface area (Å²) in [4.78, 5) is 2.37. The second kappa shape index (κ2) is 5.79. The molecule has 1 aliphatic carbocycles. The van der Waals surface area contributed by atoms with Gasteiger partial charge in [0.25, 0.3) is 0 Å². The molecule has 0 aromatic heterocycles. The van der Waals surface area contributed by atoms with Crippen molar-refractivity contribution in [2.75, 3.05) is 19.3 Å². The van der Waals surface area contributed by atoms with Crippen molar-refractivity contribution in [3.8, 4) is 0 Å². The molecule has 2 rings (SSSR count). The second-order valence-corrected chi connectivity index (χ2v) is 8.39. The van der Waals surface area contributed by atoms with Crippen molar-refractivity contribution in [1.82, 2.24) is 4.90 Å². The summed E-state index contributed by atoms with van der Waals surface area (Å²) in [5.41, 5.74) is 5.62. The van der Waals surface area contributed by atoms with Gasteiger partial charge in [-0.05, 0) is 38.6 Å². The SMILES string of the molecule is CS(=O)(=O)C1CCCC(N2CCCC(C(=N)N)C2)C1. The predicted octanol–water partition coefficient (Wildman–Crippen LogP) is 0.990. The largest absolute Gasteiger partial charge is 0.387 e. The third-order valence-electron chi connectivity index (χ3n) is 4.61. The lowest BCUT2D eigenvalue weighted by atomic mass is 9.89. The van der Waals surface area contributed by atoms with E-state index < -0.39 is 9.84 Å². The van der Waals surface area contributed by atoms with Crippen molar-refractivity contribution in [2.45, 2.75) is 49.8 Å². The Hall–Kier alpha value is -0.620. The third-order valence-corrected chi connectivity index (χ3v) is 6.25. The van der Waals surface area contributed by atoms with Gasteiger partial charge in [-0.3, -0.25) is 10.3 Å². The molecule has 0 amide bonds. The molecule has 3 unspecified atom stereocenters. The molecule has 1 heterocycles. The number of likely N-dealkylation sites (tertiary alicyclic amines) is 1. The summed E-state index contributed by atoms with van der Waals surface area (Å²) in [6.45, 7) is 1.85. The zero-order valence-corrected chi connectivity index (χ0v) is 12.5. The van der Waals surface area contributed by atoms with E-state index in [1.54, 1.807) is 0 Å². The number of hydrogen-bond acceptors (Lipinski definition) is 4. The summed E-state index contributed by atoms with van der Waals surface area (Å²) >= 11 is 0. The molecular weight excluding hydrogens is 262 g/mol. The van der Waals surface area contributed by atoms with Gasteiger partial charge in [0.05, 0.1) is 11.1 Å². The van der Waals surface area contributed by atoms with E-state index in [0.717, 1.165) is 51.6 Å². The fourth-order valence-electron chi connectivity index (χ4n) is 3.43.